The van der Waals surface area contributed by atoms with Crippen molar-refractivity contribution in [1.29, 1.82) is 0 Å². The van der Waals surface area contributed by atoms with E-state index in [-0.39, 0.29) is 24.2 Å². The average molecular weight is 441 g/mol. The zero-order valence-corrected chi connectivity index (χ0v) is 17.1. The number of piperidine rings is 1. The average Bonchev–Trinajstić information content (AvgIpc) is 2.97. The van der Waals surface area contributed by atoms with E-state index in [0.717, 1.165) is 12.3 Å². The third-order valence-corrected chi connectivity index (χ3v) is 6.36. The number of carbonyl (C=O) groups excluding carboxylic acids is 2. The van der Waals surface area contributed by atoms with E-state index in [2.05, 4.69) is 4.98 Å². The predicted octanol–water partition coefficient (Wildman–Crippen LogP) is 2.66. The number of amides is 1. The molecule has 6 nitrogen and oxygen atoms in total. The first-order chi connectivity index (χ1) is 14.6. The summed E-state index contributed by atoms with van der Waals surface area (Å²) in [5.74, 6) is -0.953. The van der Waals surface area contributed by atoms with Gasteiger partial charge in [0.05, 0.1) is 11.1 Å². The van der Waals surface area contributed by atoms with E-state index < -0.39 is 35.9 Å². The molecule has 31 heavy (non-hydrogen) atoms. The number of alkyl halides is 4. The van der Waals surface area contributed by atoms with Crippen LogP contribution in [0.4, 0.5) is 17.6 Å². The summed E-state index contributed by atoms with van der Waals surface area (Å²) in [6, 6.07) is 1.03. The van der Waals surface area contributed by atoms with E-state index in [1.165, 1.54) is 4.90 Å². The molecule has 3 aliphatic heterocycles. The maximum Gasteiger partial charge on any atom is 0.417 e. The van der Waals surface area contributed by atoms with Crippen molar-refractivity contribution in [2.24, 2.45) is 0 Å². The molecule has 4 heterocycles. The molecule has 0 aromatic carbocycles. The van der Waals surface area contributed by atoms with Crippen molar-refractivity contribution >= 4 is 11.9 Å². The van der Waals surface area contributed by atoms with E-state index >= 15 is 0 Å². The molecule has 1 spiro atoms. The predicted molar refractivity (Wildman–Crippen MR) is 102 cm³/mol. The molecule has 0 radical (unpaired) electrons. The third-order valence-electron chi connectivity index (χ3n) is 6.36. The van der Waals surface area contributed by atoms with Crippen LogP contribution in [-0.4, -0.2) is 65.1 Å². The molecule has 0 unspecified atom stereocenters. The Kier molecular flexibility index (Phi) is 5.53. The number of ether oxygens (including phenoxy) is 1. The highest BCUT2D eigenvalue weighted by atomic mass is 19.4. The molecule has 3 aliphatic rings. The Bertz CT molecular complexity index is 936. The van der Waals surface area contributed by atoms with Crippen molar-refractivity contribution in [2.75, 3.05) is 32.9 Å². The molecule has 1 aromatic heterocycles. The number of aromatic nitrogens is 1. The molecular formula is C21H23F4N3O3. The van der Waals surface area contributed by atoms with Crippen LogP contribution in [0.1, 0.15) is 36.6 Å². The lowest BCUT2D eigenvalue weighted by Gasteiger charge is -2.40. The smallest absolute Gasteiger partial charge is 0.417 e. The largest absolute Gasteiger partial charge is 0.450 e. The van der Waals surface area contributed by atoms with Crippen LogP contribution in [0, 0.1) is 0 Å². The fourth-order valence-corrected chi connectivity index (χ4v) is 4.63. The summed E-state index contributed by atoms with van der Waals surface area (Å²) in [4.78, 5) is 33.1. The Morgan fingerprint density at radius 2 is 1.97 bits per heavy atom. The van der Waals surface area contributed by atoms with E-state index in [1.807, 2.05) is 4.90 Å². The van der Waals surface area contributed by atoms with Crippen LogP contribution in [0.3, 0.4) is 0 Å². The van der Waals surface area contributed by atoms with Crippen LogP contribution >= 0.6 is 0 Å². The molecule has 0 N–H and O–H groups in total. The lowest BCUT2D eigenvalue weighted by molar-refractivity contribution is -0.151. The highest BCUT2D eigenvalue weighted by molar-refractivity contribution is 6.07. The highest BCUT2D eigenvalue weighted by Gasteiger charge is 2.51. The van der Waals surface area contributed by atoms with E-state index in [1.54, 1.807) is 6.92 Å². The molecule has 1 amide bonds. The number of hydrogen-bond acceptors (Lipinski definition) is 5. The maximum atomic E-state index is 13.4. The molecule has 0 atom stereocenters. The summed E-state index contributed by atoms with van der Waals surface area (Å²) in [7, 11) is 0. The maximum absolute atomic E-state index is 13.4. The van der Waals surface area contributed by atoms with Gasteiger partial charge in [-0.15, -0.1) is 0 Å². The number of likely N-dealkylation sites (tertiary alicyclic amines) is 1. The molecule has 4 rings (SSSR count). The Morgan fingerprint density at radius 3 is 2.61 bits per heavy atom. The summed E-state index contributed by atoms with van der Waals surface area (Å²) in [5, 5.41) is 0. The van der Waals surface area contributed by atoms with Gasteiger partial charge < -0.3 is 14.5 Å². The van der Waals surface area contributed by atoms with Gasteiger partial charge in [0, 0.05) is 69.5 Å². The second-order valence-electron chi connectivity index (χ2n) is 8.22. The van der Waals surface area contributed by atoms with Crippen LogP contribution in [0.25, 0.3) is 0 Å². The Hall–Kier alpha value is -2.49. The number of carbonyl (C=O) groups is 2. The van der Waals surface area contributed by atoms with Gasteiger partial charge >= 0.3 is 12.1 Å². The molecule has 10 heteroatoms. The Labute approximate surface area is 176 Å². The number of hydrogen-bond donors (Lipinski definition) is 0. The molecule has 0 aliphatic carbocycles. The SMILES string of the molecule is CC1=C(C(=O)N2CCc3ncc(C(F)(F)F)cc3C2)C2(CCN(CCF)CC2)OC1=O. The first kappa shape index (κ1) is 21.7. The standard InChI is InChI=1S/C21H23F4N3O3/c1-13-17(20(31-19(13)30)3-7-27(8-4-20)9-5-22)18(29)28-6-2-16-14(12-28)10-15(11-26-16)21(23,24)25/h10-11H,2-9,12H2,1H3. The molecule has 1 aromatic rings. The van der Waals surface area contributed by atoms with Crippen LogP contribution in [0.5, 0.6) is 0 Å². The van der Waals surface area contributed by atoms with E-state index in [9.17, 15) is 27.2 Å². The summed E-state index contributed by atoms with van der Waals surface area (Å²) < 4.78 is 57.5. The van der Waals surface area contributed by atoms with Crippen LogP contribution in [0.2, 0.25) is 0 Å². The molecule has 1 fully saturated rings. The summed E-state index contributed by atoms with van der Waals surface area (Å²) >= 11 is 0. The van der Waals surface area contributed by atoms with Crippen molar-refractivity contribution in [3.8, 4) is 0 Å². The van der Waals surface area contributed by atoms with E-state index in [4.69, 9.17) is 4.74 Å². The first-order valence-electron chi connectivity index (χ1n) is 10.2. The number of pyridine rings is 1. The van der Waals surface area contributed by atoms with Gasteiger partial charge in [-0.05, 0) is 18.6 Å². The van der Waals surface area contributed by atoms with Gasteiger partial charge in [-0.1, -0.05) is 0 Å². The van der Waals surface area contributed by atoms with Gasteiger partial charge in [0.2, 0.25) is 0 Å². The number of rotatable bonds is 3. The number of halogens is 4. The zero-order valence-electron chi connectivity index (χ0n) is 17.1. The molecule has 0 saturated carbocycles. The van der Waals surface area contributed by atoms with Crippen molar-refractivity contribution in [3.05, 3.63) is 40.2 Å². The molecule has 1 saturated heterocycles. The van der Waals surface area contributed by atoms with E-state index in [0.29, 0.717) is 50.2 Å². The third kappa shape index (κ3) is 3.93. The quantitative estimate of drug-likeness (QED) is 0.533. The van der Waals surface area contributed by atoms with Crippen molar-refractivity contribution in [1.82, 2.24) is 14.8 Å². The second-order valence-corrected chi connectivity index (χ2v) is 8.22. The van der Waals surface area contributed by atoms with Gasteiger partial charge in [-0.25, -0.2) is 9.18 Å². The summed E-state index contributed by atoms with van der Waals surface area (Å²) in [6.07, 6.45) is -2.62. The van der Waals surface area contributed by atoms with Crippen molar-refractivity contribution < 1.29 is 31.9 Å². The summed E-state index contributed by atoms with van der Waals surface area (Å²) in [5.41, 5.74) is -0.512. The Morgan fingerprint density at radius 1 is 1.26 bits per heavy atom. The number of esters is 1. The van der Waals surface area contributed by atoms with Crippen LogP contribution in [0.15, 0.2) is 23.4 Å². The minimum absolute atomic E-state index is 0.0138. The van der Waals surface area contributed by atoms with Gasteiger partial charge in [0.1, 0.15) is 12.3 Å². The normalized spacial score (nSPS) is 21.5. The number of nitrogens with zero attached hydrogens (tertiary/aromatic N) is 3. The van der Waals surface area contributed by atoms with Gasteiger partial charge in [0.25, 0.3) is 5.91 Å². The molecule has 0 bridgehead atoms. The minimum Gasteiger partial charge on any atom is -0.450 e. The monoisotopic (exact) mass is 441 g/mol. The van der Waals surface area contributed by atoms with Crippen LogP contribution in [-0.2, 0) is 33.5 Å². The van der Waals surface area contributed by atoms with Gasteiger partial charge in [0.15, 0.2) is 0 Å². The fourth-order valence-electron chi connectivity index (χ4n) is 4.63. The molecule has 168 valence electrons. The van der Waals surface area contributed by atoms with Crippen LogP contribution < -0.4 is 0 Å². The lowest BCUT2D eigenvalue weighted by atomic mass is 9.82. The van der Waals surface area contributed by atoms with Gasteiger partial charge in [-0.3, -0.25) is 9.78 Å². The number of fused-ring (bicyclic) bond motifs is 1. The van der Waals surface area contributed by atoms with Crippen molar-refractivity contribution in [3.63, 3.8) is 0 Å². The van der Waals surface area contributed by atoms with Gasteiger partial charge in [-0.2, -0.15) is 13.2 Å². The highest BCUT2D eigenvalue weighted by Crippen LogP contribution is 2.42. The van der Waals surface area contributed by atoms with Crippen molar-refractivity contribution in [2.45, 2.75) is 44.5 Å². The minimum atomic E-state index is -4.52. The lowest BCUT2D eigenvalue weighted by Crippen LogP contribution is -2.50. The first-order valence-corrected chi connectivity index (χ1v) is 10.2. The fraction of sp³-hybridized carbons (Fsp3) is 0.571. The zero-order chi connectivity index (χ0) is 22.4. The summed E-state index contributed by atoms with van der Waals surface area (Å²) in [6.45, 7) is 2.60. The second kappa shape index (κ2) is 7.89. The molecular weight excluding hydrogens is 418 g/mol. The Balaban J connectivity index is 1.58. The topological polar surface area (TPSA) is 62.7 Å².